The molecule has 0 aromatic heterocycles. The molecule has 0 aliphatic carbocycles. The minimum Gasteiger partial charge on any atom is -0.481 e. The fraction of sp³-hybridized carbons (Fsp3) is 0.462. The van der Waals surface area contributed by atoms with Gasteiger partial charge in [-0.05, 0) is 24.8 Å². The van der Waals surface area contributed by atoms with Gasteiger partial charge in [0.05, 0.1) is 5.92 Å². The van der Waals surface area contributed by atoms with Gasteiger partial charge in [-0.25, -0.2) is 0 Å². The first-order chi connectivity index (χ1) is 7.06. The summed E-state index contributed by atoms with van der Waals surface area (Å²) in [5.41, 5.74) is 2.32. The van der Waals surface area contributed by atoms with Crippen LogP contribution in [0.15, 0.2) is 24.3 Å². The van der Waals surface area contributed by atoms with Crippen LogP contribution in [-0.2, 0) is 4.79 Å². The summed E-state index contributed by atoms with van der Waals surface area (Å²) in [4.78, 5) is 11.0. The highest BCUT2D eigenvalue weighted by Gasteiger charge is 2.23. The summed E-state index contributed by atoms with van der Waals surface area (Å²) in [6.45, 7) is 5.84. The Morgan fingerprint density at radius 2 is 2.13 bits per heavy atom. The Morgan fingerprint density at radius 3 is 2.60 bits per heavy atom. The third kappa shape index (κ3) is 2.82. The molecule has 0 saturated heterocycles. The molecule has 0 saturated carbocycles. The van der Waals surface area contributed by atoms with E-state index in [4.69, 9.17) is 5.11 Å². The van der Waals surface area contributed by atoms with Crippen molar-refractivity contribution >= 4 is 5.97 Å². The molecule has 2 atom stereocenters. The lowest BCUT2D eigenvalue weighted by Crippen LogP contribution is -2.18. The van der Waals surface area contributed by atoms with Crippen LogP contribution in [-0.4, -0.2) is 11.1 Å². The molecule has 82 valence electrons. The topological polar surface area (TPSA) is 37.3 Å². The number of aryl methyl sites for hydroxylation is 1. The molecule has 0 amide bonds. The number of hydrogen-bond acceptors (Lipinski definition) is 1. The SMILES string of the molecule is CC[C@@H](c1cccc(C)c1)[C@@H](C)C(=O)O. The van der Waals surface area contributed by atoms with E-state index in [1.54, 1.807) is 6.92 Å². The van der Waals surface area contributed by atoms with Crippen LogP contribution in [0.1, 0.15) is 37.3 Å². The summed E-state index contributed by atoms with van der Waals surface area (Å²) in [5, 5.41) is 9.01. The molecule has 1 rings (SSSR count). The summed E-state index contributed by atoms with van der Waals surface area (Å²) >= 11 is 0. The highest BCUT2D eigenvalue weighted by atomic mass is 16.4. The van der Waals surface area contributed by atoms with Crippen LogP contribution in [0.2, 0.25) is 0 Å². The van der Waals surface area contributed by atoms with Gasteiger partial charge in [-0.15, -0.1) is 0 Å². The first-order valence-corrected chi connectivity index (χ1v) is 5.35. The Bertz CT molecular complexity index is 344. The van der Waals surface area contributed by atoms with Crippen LogP contribution < -0.4 is 0 Å². The lowest BCUT2D eigenvalue weighted by atomic mass is 9.85. The minimum atomic E-state index is -0.719. The van der Waals surface area contributed by atoms with E-state index in [1.807, 2.05) is 32.0 Å². The Balaban J connectivity index is 2.97. The zero-order valence-electron chi connectivity index (χ0n) is 9.53. The van der Waals surface area contributed by atoms with Gasteiger partial charge in [0.15, 0.2) is 0 Å². The fourth-order valence-corrected chi connectivity index (χ4v) is 1.95. The molecule has 2 heteroatoms. The molecule has 2 nitrogen and oxygen atoms in total. The number of carbonyl (C=O) groups is 1. The molecular weight excluding hydrogens is 188 g/mol. The number of aliphatic carboxylic acids is 1. The van der Waals surface area contributed by atoms with E-state index in [1.165, 1.54) is 5.56 Å². The average Bonchev–Trinajstić information content (AvgIpc) is 2.18. The van der Waals surface area contributed by atoms with Gasteiger partial charge < -0.3 is 5.11 Å². The molecule has 0 aliphatic rings. The summed E-state index contributed by atoms with van der Waals surface area (Å²) in [6.07, 6.45) is 0.858. The molecule has 0 aliphatic heterocycles. The predicted octanol–water partition coefficient (Wildman–Crippen LogP) is 3.21. The molecule has 1 N–H and O–H groups in total. The first-order valence-electron chi connectivity index (χ1n) is 5.35. The average molecular weight is 206 g/mol. The standard InChI is InChI=1S/C13H18O2/c1-4-12(10(3)13(14)15)11-7-5-6-9(2)8-11/h5-8,10,12H,4H2,1-3H3,(H,14,15)/t10-,12-/m1/s1. The molecule has 0 bridgehead atoms. The second kappa shape index (κ2) is 4.96. The van der Waals surface area contributed by atoms with Crippen LogP contribution in [0, 0.1) is 12.8 Å². The number of benzene rings is 1. The van der Waals surface area contributed by atoms with Gasteiger partial charge in [-0.3, -0.25) is 4.79 Å². The monoisotopic (exact) mass is 206 g/mol. The Hall–Kier alpha value is -1.31. The molecular formula is C13H18O2. The van der Waals surface area contributed by atoms with Crippen molar-refractivity contribution in [2.45, 2.75) is 33.1 Å². The summed E-state index contributed by atoms with van der Waals surface area (Å²) in [7, 11) is 0. The number of carboxylic acids is 1. The smallest absolute Gasteiger partial charge is 0.306 e. The Morgan fingerprint density at radius 1 is 1.47 bits per heavy atom. The van der Waals surface area contributed by atoms with Crippen molar-refractivity contribution in [1.29, 1.82) is 0 Å². The van der Waals surface area contributed by atoms with Gasteiger partial charge in [0.1, 0.15) is 0 Å². The van der Waals surface area contributed by atoms with Gasteiger partial charge in [0.25, 0.3) is 0 Å². The maximum atomic E-state index is 11.0. The van der Waals surface area contributed by atoms with E-state index in [9.17, 15) is 4.79 Å². The summed E-state index contributed by atoms with van der Waals surface area (Å²) in [6, 6.07) is 8.11. The van der Waals surface area contributed by atoms with Crippen molar-refractivity contribution in [2.24, 2.45) is 5.92 Å². The molecule has 0 spiro atoms. The predicted molar refractivity (Wildman–Crippen MR) is 61.0 cm³/mol. The lowest BCUT2D eigenvalue weighted by molar-refractivity contribution is -0.141. The van der Waals surface area contributed by atoms with E-state index in [2.05, 4.69) is 6.07 Å². The number of carboxylic acid groups (broad SMARTS) is 1. The molecule has 0 unspecified atom stereocenters. The van der Waals surface area contributed by atoms with E-state index in [0.29, 0.717) is 0 Å². The first kappa shape index (κ1) is 11.8. The normalized spacial score (nSPS) is 14.6. The van der Waals surface area contributed by atoms with Gasteiger partial charge in [-0.1, -0.05) is 43.7 Å². The Kier molecular flexibility index (Phi) is 3.89. The van der Waals surface area contributed by atoms with Gasteiger partial charge in [0.2, 0.25) is 0 Å². The number of hydrogen-bond donors (Lipinski definition) is 1. The maximum Gasteiger partial charge on any atom is 0.306 e. The van der Waals surface area contributed by atoms with Crippen LogP contribution >= 0.6 is 0 Å². The van der Waals surface area contributed by atoms with Crippen molar-refractivity contribution in [3.63, 3.8) is 0 Å². The third-order valence-corrected chi connectivity index (χ3v) is 2.90. The van der Waals surface area contributed by atoms with Gasteiger partial charge >= 0.3 is 5.97 Å². The second-order valence-corrected chi connectivity index (χ2v) is 4.06. The fourth-order valence-electron chi connectivity index (χ4n) is 1.95. The highest BCUT2D eigenvalue weighted by molar-refractivity contribution is 5.70. The zero-order chi connectivity index (χ0) is 11.4. The van der Waals surface area contributed by atoms with E-state index >= 15 is 0 Å². The quantitative estimate of drug-likeness (QED) is 0.821. The molecule has 0 radical (unpaired) electrons. The molecule has 15 heavy (non-hydrogen) atoms. The van der Waals surface area contributed by atoms with Crippen molar-refractivity contribution in [1.82, 2.24) is 0 Å². The molecule has 1 aromatic carbocycles. The Labute approximate surface area is 90.9 Å². The zero-order valence-corrected chi connectivity index (χ0v) is 9.53. The highest BCUT2D eigenvalue weighted by Crippen LogP contribution is 2.28. The molecule has 1 aromatic rings. The number of rotatable bonds is 4. The largest absolute Gasteiger partial charge is 0.481 e. The van der Waals surface area contributed by atoms with Crippen LogP contribution in [0.25, 0.3) is 0 Å². The second-order valence-electron chi connectivity index (χ2n) is 4.06. The summed E-state index contributed by atoms with van der Waals surface area (Å²) < 4.78 is 0. The van der Waals surface area contributed by atoms with Crippen molar-refractivity contribution in [3.8, 4) is 0 Å². The van der Waals surface area contributed by atoms with E-state index in [0.717, 1.165) is 12.0 Å². The molecule has 0 heterocycles. The van der Waals surface area contributed by atoms with Crippen molar-refractivity contribution < 1.29 is 9.90 Å². The van der Waals surface area contributed by atoms with E-state index in [-0.39, 0.29) is 11.8 Å². The van der Waals surface area contributed by atoms with Crippen LogP contribution in [0.3, 0.4) is 0 Å². The molecule has 0 fully saturated rings. The third-order valence-electron chi connectivity index (χ3n) is 2.90. The maximum absolute atomic E-state index is 11.0. The van der Waals surface area contributed by atoms with Crippen molar-refractivity contribution in [2.75, 3.05) is 0 Å². The van der Waals surface area contributed by atoms with Crippen LogP contribution in [0.5, 0.6) is 0 Å². The van der Waals surface area contributed by atoms with Crippen LogP contribution in [0.4, 0.5) is 0 Å². The minimum absolute atomic E-state index is 0.113. The summed E-state index contributed by atoms with van der Waals surface area (Å²) in [5.74, 6) is -0.928. The van der Waals surface area contributed by atoms with Gasteiger partial charge in [-0.2, -0.15) is 0 Å². The lowest BCUT2D eigenvalue weighted by Gasteiger charge is -2.19. The van der Waals surface area contributed by atoms with Crippen molar-refractivity contribution in [3.05, 3.63) is 35.4 Å². The van der Waals surface area contributed by atoms with Gasteiger partial charge in [0, 0.05) is 0 Å². The van der Waals surface area contributed by atoms with E-state index < -0.39 is 5.97 Å².